The van der Waals surface area contributed by atoms with E-state index in [9.17, 15) is 26.7 Å². The SMILES string of the molecule is COc1cc(-c2nnc3n2CC(C)N(C(=O)c2cccc(C(F)(F)F)c2F)C3C)ncc1F. The van der Waals surface area contributed by atoms with Crippen LogP contribution in [0.3, 0.4) is 0 Å². The Labute approximate surface area is 184 Å². The lowest BCUT2D eigenvalue weighted by molar-refractivity contribution is -0.140. The molecule has 1 aliphatic rings. The quantitative estimate of drug-likeness (QED) is 0.539. The number of hydrogen-bond donors (Lipinski definition) is 0. The lowest BCUT2D eigenvalue weighted by Gasteiger charge is -2.39. The summed E-state index contributed by atoms with van der Waals surface area (Å²) < 4.78 is 74.3. The summed E-state index contributed by atoms with van der Waals surface area (Å²) in [5.74, 6) is -2.57. The number of alkyl halides is 3. The van der Waals surface area contributed by atoms with Crippen LogP contribution >= 0.6 is 0 Å². The molecule has 3 heterocycles. The monoisotopic (exact) mass is 467 g/mol. The molecular formula is C21H18F5N5O2. The highest BCUT2D eigenvalue weighted by Gasteiger charge is 2.40. The maximum absolute atomic E-state index is 14.6. The van der Waals surface area contributed by atoms with Crippen LogP contribution < -0.4 is 4.74 Å². The number of carbonyl (C=O) groups excluding carboxylic acids is 1. The molecule has 4 rings (SSSR count). The number of methoxy groups -OCH3 is 1. The molecular weight excluding hydrogens is 449 g/mol. The molecule has 0 fully saturated rings. The summed E-state index contributed by atoms with van der Waals surface area (Å²) in [6, 6.07) is 2.67. The van der Waals surface area contributed by atoms with Crippen LogP contribution in [0.2, 0.25) is 0 Å². The van der Waals surface area contributed by atoms with Gasteiger partial charge in [-0.25, -0.2) is 13.8 Å². The highest BCUT2D eigenvalue weighted by molar-refractivity contribution is 5.95. The number of carbonyl (C=O) groups is 1. The van der Waals surface area contributed by atoms with E-state index in [0.29, 0.717) is 17.7 Å². The average Bonchev–Trinajstić information content (AvgIpc) is 3.17. The number of amides is 1. The number of rotatable bonds is 3. The molecule has 2 unspecified atom stereocenters. The fourth-order valence-electron chi connectivity index (χ4n) is 3.98. The van der Waals surface area contributed by atoms with E-state index < -0.39 is 46.9 Å². The molecule has 174 valence electrons. The van der Waals surface area contributed by atoms with Crippen LogP contribution in [-0.2, 0) is 12.7 Å². The van der Waals surface area contributed by atoms with Crippen molar-refractivity contribution >= 4 is 5.91 Å². The third-order valence-electron chi connectivity index (χ3n) is 5.53. The third kappa shape index (κ3) is 3.79. The van der Waals surface area contributed by atoms with Gasteiger partial charge in [0.2, 0.25) is 0 Å². The zero-order valence-electron chi connectivity index (χ0n) is 17.7. The minimum atomic E-state index is -4.93. The first kappa shape index (κ1) is 22.6. The van der Waals surface area contributed by atoms with Gasteiger partial charge in [0.15, 0.2) is 23.2 Å². The van der Waals surface area contributed by atoms with Crippen molar-refractivity contribution in [3.05, 3.63) is 59.0 Å². The molecule has 2 aromatic heterocycles. The van der Waals surface area contributed by atoms with Gasteiger partial charge in [-0.2, -0.15) is 13.2 Å². The molecule has 0 radical (unpaired) electrons. The van der Waals surface area contributed by atoms with Crippen LogP contribution in [0.5, 0.6) is 5.75 Å². The summed E-state index contributed by atoms with van der Waals surface area (Å²) in [4.78, 5) is 18.4. The summed E-state index contributed by atoms with van der Waals surface area (Å²) in [5.41, 5.74) is -1.90. The third-order valence-corrected chi connectivity index (χ3v) is 5.53. The molecule has 0 saturated heterocycles. The fourth-order valence-corrected chi connectivity index (χ4v) is 3.98. The maximum atomic E-state index is 14.6. The van der Waals surface area contributed by atoms with E-state index >= 15 is 0 Å². The lowest BCUT2D eigenvalue weighted by Crippen LogP contribution is -2.47. The van der Waals surface area contributed by atoms with E-state index in [0.717, 1.165) is 18.3 Å². The number of nitrogens with zero attached hydrogens (tertiary/aromatic N) is 5. The normalized spacial score (nSPS) is 18.2. The van der Waals surface area contributed by atoms with Crippen LogP contribution in [-0.4, -0.2) is 43.7 Å². The minimum Gasteiger partial charge on any atom is -0.494 e. The predicted molar refractivity (Wildman–Crippen MR) is 105 cm³/mol. The molecule has 0 aliphatic carbocycles. The zero-order valence-corrected chi connectivity index (χ0v) is 17.7. The molecule has 1 amide bonds. The predicted octanol–water partition coefficient (Wildman–Crippen LogP) is 4.25. The second-order valence-electron chi connectivity index (χ2n) is 7.60. The van der Waals surface area contributed by atoms with Crippen molar-refractivity contribution in [2.45, 2.75) is 38.7 Å². The van der Waals surface area contributed by atoms with Crippen LogP contribution in [0, 0.1) is 11.6 Å². The van der Waals surface area contributed by atoms with E-state index in [1.807, 2.05) is 0 Å². The lowest BCUT2D eigenvalue weighted by atomic mass is 10.0. The Bertz CT molecular complexity index is 1230. The first-order chi connectivity index (χ1) is 15.5. The Morgan fingerprint density at radius 2 is 1.91 bits per heavy atom. The van der Waals surface area contributed by atoms with Gasteiger partial charge in [-0.05, 0) is 26.0 Å². The number of hydrogen-bond acceptors (Lipinski definition) is 5. The molecule has 33 heavy (non-hydrogen) atoms. The Balaban J connectivity index is 1.71. The topological polar surface area (TPSA) is 73.1 Å². The summed E-state index contributed by atoms with van der Waals surface area (Å²) in [5, 5.41) is 8.20. The summed E-state index contributed by atoms with van der Waals surface area (Å²) >= 11 is 0. The molecule has 12 heteroatoms. The maximum Gasteiger partial charge on any atom is 0.419 e. The highest BCUT2D eigenvalue weighted by Crippen LogP contribution is 2.36. The average molecular weight is 467 g/mol. The van der Waals surface area contributed by atoms with Gasteiger partial charge < -0.3 is 14.2 Å². The fraction of sp³-hybridized carbons (Fsp3) is 0.333. The van der Waals surface area contributed by atoms with Crippen molar-refractivity contribution in [2.24, 2.45) is 0 Å². The number of aromatic nitrogens is 4. The Morgan fingerprint density at radius 1 is 1.18 bits per heavy atom. The van der Waals surface area contributed by atoms with Crippen LogP contribution in [0.25, 0.3) is 11.5 Å². The zero-order chi connectivity index (χ0) is 24.1. The van der Waals surface area contributed by atoms with Crippen molar-refractivity contribution in [3.63, 3.8) is 0 Å². The molecule has 0 N–H and O–H groups in total. The summed E-state index contributed by atoms with van der Waals surface area (Å²) in [7, 11) is 1.31. The van der Waals surface area contributed by atoms with E-state index in [1.165, 1.54) is 18.1 Å². The van der Waals surface area contributed by atoms with E-state index in [2.05, 4.69) is 15.2 Å². The molecule has 0 bridgehead atoms. The molecule has 1 aliphatic heterocycles. The second kappa shape index (κ2) is 8.09. The van der Waals surface area contributed by atoms with Gasteiger partial charge in [-0.1, -0.05) is 6.07 Å². The van der Waals surface area contributed by atoms with Crippen molar-refractivity contribution in [1.82, 2.24) is 24.6 Å². The Morgan fingerprint density at radius 3 is 2.58 bits per heavy atom. The molecule has 7 nitrogen and oxygen atoms in total. The molecule has 0 spiro atoms. The Kier molecular flexibility index (Phi) is 5.54. The smallest absolute Gasteiger partial charge is 0.419 e. The first-order valence-corrected chi connectivity index (χ1v) is 9.86. The number of pyridine rings is 1. The molecule has 3 aromatic rings. The van der Waals surface area contributed by atoms with Crippen LogP contribution in [0.4, 0.5) is 22.0 Å². The van der Waals surface area contributed by atoms with Gasteiger partial charge >= 0.3 is 6.18 Å². The van der Waals surface area contributed by atoms with Crippen molar-refractivity contribution < 1.29 is 31.5 Å². The van der Waals surface area contributed by atoms with Gasteiger partial charge in [0.1, 0.15) is 11.5 Å². The van der Waals surface area contributed by atoms with Gasteiger partial charge in [-0.15, -0.1) is 10.2 Å². The van der Waals surface area contributed by atoms with Crippen molar-refractivity contribution in [2.75, 3.05) is 7.11 Å². The number of benzene rings is 1. The van der Waals surface area contributed by atoms with Gasteiger partial charge in [-0.3, -0.25) is 4.79 Å². The highest BCUT2D eigenvalue weighted by atomic mass is 19.4. The van der Waals surface area contributed by atoms with Gasteiger partial charge in [0.05, 0.1) is 30.5 Å². The van der Waals surface area contributed by atoms with E-state index in [1.54, 1.807) is 18.4 Å². The number of halogens is 5. The summed E-state index contributed by atoms with van der Waals surface area (Å²) in [6.45, 7) is 3.45. The summed E-state index contributed by atoms with van der Waals surface area (Å²) in [6.07, 6.45) is -3.95. The molecule has 1 aromatic carbocycles. The van der Waals surface area contributed by atoms with E-state index in [4.69, 9.17) is 4.74 Å². The van der Waals surface area contributed by atoms with Gasteiger partial charge in [0, 0.05) is 18.7 Å². The standard InChI is InChI=1S/C21H18F5N5O2/c1-10-9-30-18(28-29-19(30)15-7-16(33-3)14(22)8-27-15)11(2)31(10)20(32)12-5-4-6-13(17(12)23)21(24,25)26/h4-8,10-11H,9H2,1-3H3. The first-order valence-electron chi connectivity index (χ1n) is 9.86. The van der Waals surface area contributed by atoms with Crippen molar-refractivity contribution in [3.8, 4) is 17.3 Å². The molecule has 0 saturated carbocycles. The van der Waals surface area contributed by atoms with Gasteiger partial charge in [0.25, 0.3) is 5.91 Å². The van der Waals surface area contributed by atoms with Crippen LogP contribution in [0.1, 0.15) is 41.6 Å². The molecule has 2 atom stereocenters. The Hall–Kier alpha value is -3.57. The van der Waals surface area contributed by atoms with Crippen LogP contribution in [0.15, 0.2) is 30.5 Å². The second-order valence-corrected chi connectivity index (χ2v) is 7.60. The number of ether oxygens (including phenoxy) is 1. The minimum absolute atomic E-state index is 0.0360. The van der Waals surface area contributed by atoms with E-state index in [-0.39, 0.29) is 18.0 Å². The largest absolute Gasteiger partial charge is 0.494 e. The van der Waals surface area contributed by atoms with Crippen molar-refractivity contribution in [1.29, 1.82) is 0 Å². The number of fused-ring (bicyclic) bond motifs is 1.